The van der Waals surface area contributed by atoms with Crippen LogP contribution in [0.3, 0.4) is 0 Å². The number of aliphatic carboxylic acids is 1. The molecule has 20 heavy (non-hydrogen) atoms. The number of carboxylic acids is 1. The fourth-order valence-electron chi connectivity index (χ4n) is 1.40. The van der Waals surface area contributed by atoms with Crippen molar-refractivity contribution in [1.29, 1.82) is 0 Å². The molecule has 0 radical (unpaired) electrons. The largest absolute Gasteiger partial charge is 0.481 e. The van der Waals surface area contributed by atoms with Gasteiger partial charge in [-0.05, 0) is 19.4 Å². The molecule has 1 heterocycles. The summed E-state index contributed by atoms with van der Waals surface area (Å²) < 4.78 is 40.3. The predicted molar refractivity (Wildman–Crippen MR) is 65.7 cm³/mol. The van der Waals surface area contributed by atoms with Crippen LogP contribution >= 0.6 is 0 Å². The molecule has 0 saturated heterocycles. The SMILES string of the molecule is CC(CCC(=O)O)Nc1ccc(OCC(F)(F)F)nc1. The summed E-state index contributed by atoms with van der Waals surface area (Å²) in [7, 11) is 0. The van der Waals surface area contributed by atoms with Crippen LogP contribution in [0.5, 0.6) is 5.88 Å². The highest BCUT2D eigenvalue weighted by Gasteiger charge is 2.28. The van der Waals surface area contributed by atoms with Gasteiger partial charge >= 0.3 is 12.1 Å². The van der Waals surface area contributed by atoms with Crippen molar-refractivity contribution in [3.63, 3.8) is 0 Å². The van der Waals surface area contributed by atoms with E-state index in [0.29, 0.717) is 12.1 Å². The lowest BCUT2D eigenvalue weighted by atomic mass is 10.2. The molecule has 5 nitrogen and oxygen atoms in total. The molecule has 0 fully saturated rings. The van der Waals surface area contributed by atoms with Crippen LogP contribution in [0.4, 0.5) is 18.9 Å². The Morgan fingerprint density at radius 1 is 1.50 bits per heavy atom. The molecule has 0 saturated carbocycles. The molecule has 1 aromatic rings. The number of carboxylic acid groups (broad SMARTS) is 1. The summed E-state index contributed by atoms with van der Waals surface area (Å²) in [6, 6.07) is 2.75. The van der Waals surface area contributed by atoms with Gasteiger partial charge < -0.3 is 15.2 Å². The number of alkyl halides is 3. The average Bonchev–Trinajstić information content (AvgIpc) is 2.34. The summed E-state index contributed by atoms with van der Waals surface area (Å²) in [4.78, 5) is 14.1. The van der Waals surface area contributed by atoms with Gasteiger partial charge in [0, 0.05) is 18.5 Å². The molecule has 0 spiro atoms. The maximum atomic E-state index is 11.9. The monoisotopic (exact) mass is 292 g/mol. The molecular formula is C12H15F3N2O3. The fraction of sp³-hybridized carbons (Fsp3) is 0.500. The van der Waals surface area contributed by atoms with E-state index in [1.807, 2.05) is 0 Å². The van der Waals surface area contributed by atoms with E-state index in [2.05, 4.69) is 15.0 Å². The third-order valence-corrected chi connectivity index (χ3v) is 2.32. The van der Waals surface area contributed by atoms with Crippen molar-refractivity contribution in [2.75, 3.05) is 11.9 Å². The van der Waals surface area contributed by atoms with E-state index in [9.17, 15) is 18.0 Å². The number of hydrogen-bond acceptors (Lipinski definition) is 4. The van der Waals surface area contributed by atoms with Crippen LogP contribution in [0.15, 0.2) is 18.3 Å². The van der Waals surface area contributed by atoms with Gasteiger partial charge in [-0.3, -0.25) is 4.79 Å². The molecule has 1 rings (SSSR count). The van der Waals surface area contributed by atoms with Gasteiger partial charge in [0.05, 0.1) is 11.9 Å². The second-order valence-electron chi connectivity index (χ2n) is 4.27. The molecule has 0 aromatic carbocycles. The molecule has 8 heteroatoms. The molecule has 0 aliphatic rings. The lowest BCUT2D eigenvalue weighted by Gasteiger charge is -2.14. The summed E-state index contributed by atoms with van der Waals surface area (Å²) in [5.41, 5.74) is 0.585. The van der Waals surface area contributed by atoms with E-state index in [-0.39, 0.29) is 18.3 Å². The second kappa shape index (κ2) is 6.97. The van der Waals surface area contributed by atoms with E-state index in [1.165, 1.54) is 18.3 Å². The summed E-state index contributed by atoms with van der Waals surface area (Å²) in [5.74, 6) is -1.00. The van der Waals surface area contributed by atoms with Crippen LogP contribution in [-0.2, 0) is 4.79 Å². The molecule has 2 N–H and O–H groups in total. The van der Waals surface area contributed by atoms with Crippen LogP contribution in [0.2, 0.25) is 0 Å². The third kappa shape index (κ3) is 6.81. The van der Waals surface area contributed by atoms with Crippen molar-refractivity contribution < 1.29 is 27.8 Å². The Hall–Kier alpha value is -1.99. The van der Waals surface area contributed by atoms with Gasteiger partial charge in [-0.2, -0.15) is 13.2 Å². The van der Waals surface area contributed by atoms with Crippen LogP contribution in [0.25, 0.3) is 0 Å². The minimum atomic E-state index is -4.40. The average molecular weight is 292 g/mol. The zero-order valence-corrected chi connectivity index (χ0v) is 10.8. The van der Waals surface area contributed by atoms with E-state index in [0.717, 1.165) is 0 Å². The highest BCUT2D eigenvalue weighted by Crippen LogP contribution is 2.18. The zero-order chi connectivity index (χ0) is 15.2. The minimum Gasteiger partial charge on any atom is -0.481 e. The lowest BCUT2D eigenvalue weighted by Crippen LogP contribution is -2.20. The predicted octanol–water partition coefficient (Wildman–Crippen LogP) is 2.69. The Balaban J connectivity index is 2.44. The number of anilines is 1. The van der Waals surface area contributed by atoms with Crippen molar-refractivity contribution >= 4 is 11.7 Å². The van der Waals surface area contributed by atoms with Gasteiger partial charge in [0.2, 0.25) is 5.88 Å². The van der Waals surface area contributed by atoms with E-state index in [4.69, 9.17) is 5.11 Å². The summed E-state index contributed by atoms with van der Waals surface area (Å²) in [5, 5.41) is 11.5. The van der Waals surface area contributed by atoms with Gasteiger partial charge in [-0.1, -0.05) is 0 Å². The number of ether oxygens (including phenoxy) is 1. The number of hydrogen-bond donors (Lipinski definition) is 2. The molecule has 0 bridgehead atoms. The first-order valence-electron chi connectivity index (χ1n) is 5.90. The summed E-state index contributed by atoms with van der Waals surface area (Å²) in [6.07, 6.45) is -2.59. The van der Waals surface area contributed by atoms with Crippen molar-refractivity contribution in [1.82, 2.24) is 4.98 Å². The van der Waals surface area contributed by atoms with Crippen LogP contribution < -0.4 is 10.1 Å². The second-order valence-corrected chi connectivity index (χ2v) is 4.27. The Kier molecular flexibility index (Phi) is 5.60. The van der Waals surface area contributed by atoms with Crippen molar-refractivity contribution in [2.45, 2.75) is 32.0 Å². The van der Waals surface area contributed by atoms with Gasteiger partial charge in [0.1, 0.15) is 0 Å². The third-order valence-electron chi connectivity index (χ3n) is 2.32. The first-order chi connectivity index (χ1) is 9.26. The Morgan fingerprint density at radius 2 is 2.20 bits per heavy atom. The molecule has 1 atom stereocenters. The normalized spacial score (nSPS) is 12.8. The number of aromatic nitrogens is 1. The number of halogens is 3. The van der Waals surface area contributed by atoms with Gasteiger partial charge in [-0.15, -0.1) is 0 Å². The van der Waals surface area contributed by atoms with Crippen molar-refractivity contribution in [3.05, 3.63) is 18.3 Å². The lowest BCUT2D eigenvalue weighted by molar-refractivity contribution is -0.154. The maximum absolute atomic E-state index is 11.9. The summed E-state index contributed by atoms with van der Waals surface area (Å²) in [6.45, 7) is 0.415. The number of rotatable bonds is 7. The Bertz CT molecular complexity index is 435. The van der Waals surface area contributed by atoms with E-state index >= 15 is 0 Å². The number of pyridine rings is 1. The Morgan fingerprint density at radius 3 is 2.70 bits per heavy atom. The topological polar surface area (TPSA) is 71.5 Å². The Labute approximate surface area is 113 Å². The molecular weight excluding hydrogens is 277 g/mol. The van der Waals surface area contributed by atoms with E-state index in [1.54, 1.807) is 6.92 Å². The van der Waals surface area contributed by atoms with Crippen LogP contribution in [-0.4, -0.2) is 34.9 Å². The highest BCUT2D eigenvalue weighted by molar-refractivity contribution is 5.66. The van der Waals surface area contributed by atoms with Crippen LogP contribution in [0.1, 0.15) is 19.8 Å². The van der Waals surface area contributed by atoms with Gasteiger partial charge in [0.25, 0.3) is 0 Å². The molecule has 0 amide bonds. The number of nitrogens with one attached hydrogen (secondary N) is 1. The minimum absolute atomic E-state index is 0.0361. The smallest absolute Gasteiger partial charge is 0.422 e. The molecule has 112 valence electrons. The molecule has 0 aliphatic heterocycles. The van der Waals surface area contributed by atoms with Gasteiger partial charge in [0.15, 0.2) is 6.61 Å². The zero-order valence-electron chi connectivity index (χ0n) is 10.8. The molecule has 0 aliphatic carbocycles. The maximum Gasteiger partial charge on any atom is 0.422 e. The van der Waals surface area contributed by atoms with Gasteiger partial charge in [-0.25, -0.2) is 4.98 Å². The summed E-state index contributed by atoms with van der Waals surface area (Å²) >= 11 is 0. The standard InChI is InChI=1S/C12H15F3N2O3/c1-8(2-5-11(18)19)17-9-3-4-10(16-6-9)20-7-12(13,14)15/h3-4,6,8,17H,2,5,7H2,1H3,(H,18,19). The van der Waals surface area contributed by atoms with Crippen molar-refractivity contribution in [3.8, 4) is 5.88 Å². The first kappa shape index (κ1) is 16.1. The number of carbonyl (C=O) groups is 1. The first-order valence-corrected chi connectivity index (χ1v) is 5.90. The van der Waals surface area contributed by atoms with Crippen molar-refractivity contribution in [2.24, 2.45) is 0 Å². The fourth-order valence-corrected chi connectivity index (χ4v) is 1.40. The number of nitrogens with zero attached hydrogens (tertiary/aromatic N) is 1. The quantitative estimate of drug-likeness (QED) is 0.808. The van der Waals surface area contributed by atoms with E-state index < -0.39 is 18.8 Å². The molecule has 1 unspecified atom stereocenters. The highest BCUT2D eigenvalue weighted by atomic mass is 19.4. The van der Waals surface area contributed by atoms with Crippen LogP contribution in [0, 0.1) is 0 Å². The molecule has 1 aromatic heterocycles.